The van der Waals surface area contributed by atoms with Gasteiger partial charge >= 0.3 is 5.97 Å². The van der Waals surface area contributed by atoms with Gasteiger partial charge in [0.1, 0.15) is 6.04 Å². The van der Waals surface area contributed by atoms with E-state index >= 15 is 0 Å². The SMILES string of the molecule is CC1CCN(C(=O)Cc2cccnc2)C1C(=O)O. The molecule has 0 aliphatic carbocycles. The predicted molar refractivity (Wildman–Crippen MR) is 64.9 cm³/mol. The van der Waals surface area contributed by atoms with E-state index in [1.165, 1.54) is 4.90 Å². The molecule has 5 heteroatoms. The van der Waals surface area contributed by atoms with Gasteiger partial charge < -0.3 is 10.0 Å². The van der Waals surface area contributed by atoms with Crippen molar-refractivity contribution in [3.8, 4) is 0 Å². The van der Waals surface area contributed by atoms with Crippen LogP contribution in [0.1, 0.15) is 18.9 Å². The molecule has 2 heterocycles. The summed E-state index contributed by atoms with van der Waals surface area (Å²) in [4.78, 5) is 28.7. The van der Waals surface area contributed by atoms with Gasteiger partial charge in [0.05, 0.1) is 6.42 Å². The van der Waals surface area contributed by atoms with Crippen molar-refractivity contribution < 1.29 is 14.7 Å². The quantitative estimate of drug-likeness (QED) is 0.864. The predicted octanol–water partition coefficient (Wildman–Crippen LogP) is 0.946. The van der Waals surface area contributed by atoms with Gasteiger partial charge in [-0.15, -0.1) is 0 Å². The lowest BCUT2D eigenvalue weighted by molar-refractivity contribution is -0.149. The zero-order chi connectivity index (χ0) is 13.1. The summed E-state index contributed by atoms with van der Waals surface area (Å²) in [6.07, 6.45) is 4.24. The van der Waals surface area contributed by atoms with Crippen LogP contribution in [0.3, 0.4) is 0 Å². The van der Waals surface area contributed by atoms with E-state index in [0.29, 0.717) is 6.54 Å². The minimum Gasteiger partial charge on any atom is -0.480 e. The first kappa shape index (κ1) is 12.5. The lowest BCUT2D eigenvalue weighted by atomic mass is 10.0. The van der Waals surface area contributed by atoms with Crippen molar-refractivity contribution in [3.05, 3.63) is 30.1 Å². The van der Waals surface area contributed by atoms with E-state index < -0.39 is 12.0 Å². The second-order valence-corrected chi connectivity index (χ2v) is 4.67. The summed E-state index contributed by atoms with van der Waals surface area (Å²) < 4.78 is 0. The van der Waals surface area contributed by atoms with E-state index in [-0.39, 0.29) is 18.2 Å². The van der Waals surface area contributed by atoms with E-state index in [0.717, 1.165) is 12.0 Å². The molecule has 1 saturated heterocycles. The Balaban J connectivity index is 2.07. The molecule has 1 N–H and O–H groups in total. The highest BCUT2D eigenvalue weighted by atomic mass is 16.4. The summed E-state index contributed by atoms with van der Waals surface area (Å²) >= 11 is 0. The van der Waals surface area contributed by atoms with Gasteiger partial charge in [0.15, 0.2) is 0 Å². The first-order valence-electron chi connectivity index (χ1n) is 6.01. The molecular weight excluding hydrogens is 232 g/mol. The molecule has 1 amide bonds. The first-order valence-corrected chi connectivity index (χ1v) is 6.01. The van der Waals surface area contributed by atoms with Crippen LogP contribution in [0.25, 0.3) is 0 Å². The number of carbonyl (C=O) groups excluding carboxylic acids is 1. The largest absolute Gasteiger partial charge is 0.480 e. The molecule has 2 atom stereocenters. The normalized spacial score (nSPS) is 23.1. The highest BCUT2D eigenvalue weighted by Crippen LogP contribution is 2.24. The molecule has 1 aromatic rings. The smallest absolute Gasteiger partial charge is 0.326 e. The fraction of sp³-hybridized carbons (Fsp3) is 0.462. The molecule has 1 aliphatic heterocycles. The van der Waals surface area contributed by atoms with E-state index in [2.05, 4.69) is 4.98 Å². The number of nitrogens with zero attached hydrogens (tertiary/aromatic N) is 2. The number of hydrogen-bond donors (Lipinski definition) is 1. The Morgan fingerprint density at radius 2 is 2.33 bits per heavy atom. The number of likely N-dealkylation sites (tertiary alicyclic amines) is 1. The Bertz CT molecular complexity index is 447. The van der Waals surface area contributed by atoms with Gasteiger partial charge in [-0.2, -0.15) is 0 Å². The van der Waals surface area contributed by atoms with Gasteiger partial charge in [-0.05, 0) is 24.0 Å². The molecule has 0 radical (unpaired) electrons. The Hall–Kier alpha value is -1.91. The molecule has 2 rings (SSSR count). The summed E-state index contributed by atoms with van der Waals surface area (Å²) in [6, 6.07) is 2.90. The molecule has 1 aliphatic rings. The standard InChI is InChI=1S/C13H16N2O3/c1-9-4-6-15(12(9)13(17)18)11(16)7-10-3-2-5-14-8-10/h2-3,5,8-9,12H,4,6-7H2,1H3,(H,17,18). The zero-order valence-electron chi connectivity index (χ0n) is 10.2. The van der Waals surface area contributed by atoms with Crippen molar-refractivity contribution >= 4 is 11.9 Å². The van der Waals surface area contributed by atoms with Gasteiger partial charge in [-0.1, -0.05) is 13.0 Å². The number of pyridine rings is 1. The third-order valence-corrected chi connectivity index (χ3v) is 3.35. The Kier molecular flexibility index (Phi) is 3.60. The summed E-state index contributed by atoms with van der Waals surface area (Å²) in [5.74, 6) is -1.04. The molecule has 18 heavy (non-hydrogen) atoms. The molecule has 96 valence electrons. The minimum absolute atomic E-state index is 0.0142. The zero-order valence-corrected chi connectivity index (χ0v) is 10.2. The van der Waals surface area contributed by atoms with E-state index in [4.69, 9.17) is 5.11 Å². The molecule has 1 aromatic heterocycles. The highest BCUT2D eigenvalue weighted by molar-refractivity contribution is 5.85. The molecule has 1 fully saturated rings. The minimum atomic E-state index is -0.917. The van der Waals surface area contributed by atoms with E-state index in [1.54, 1.807) is 18.5 Å². The van der Waals surface area contributed by atoms with Crippen molar-refractivity contribution in [2.24, 2.45) is 5.92 Å². The lowest BCUT2D eigenvalue weighted by Crippen LogP contribution is -2.43. The number of carbonyl (C=O) groups is 2. The van der Waals surface area contributed by atoms with Crippen LogP contribution >= 0.6 is 0 Å². The van der Waals surface area contributed by atoms with Gasteiger partial charge in [0.2, 0.25) is 5.91 Å². The number of hydrogen-bond acceptors (Lipinski definition) is 3. The van der Waals surface area contributed by atoms with Gasteiger partial charge in [-0.3, -0.25) is 9.78 Å². The van der Waals surface area contributed by atoms with Crippen LogP contribution in [0, 0.1) is 5.92 Å². The van der Waals surface area contributed by atoms with E-state index in [1.807, 2.05) is 13.0 Å². The average Bonchev–Trinajstić information content (AvgIpc) is 2.72. The molecule has 0 aromatic carbocycles. The average molecular weight is 248 g/mol. The number of aliphatic carboxylic acids is 1. The van der Waals surface area contributed by atoms with Gasteiger partial charge in [0.25, 0.3) is 0 Å². The summed E-state index contributed by atoms with van der Waals surface area (Å²) in [5.41, 5.74) is 0.811. The van der Waals surface area contributed by atoms with E-state index in [9.17, 15) is 9.59 Å². The summed E-state index contributed by atoms with van der Waals surface area (Å²) in [6.45, 7) is 2.40. The first-order chi connectivity index (χ1) is 8.59. The highest BCUT2D eigenvalue weighted by Gasteiger charge is 2.39. The fourth-order valence-corrected chi connectivity index (χ4v) is 2.38. The number of aromatic nitrogens is 1. The molecule has 0 spiro atoms. The molecule has 2 unspecified atom stereocenters. The fourth-order valence-electron chi connectivity index (χ4n) is 2.38. The number of amides is 1. The van der Waals surface area contributed by atoms with Crippen LogP contribution in [-0.2, 0) is 16.0 Å². The van der Waals surface area contributed by atoms with Crippen molar-refractivity contribution in [1.82, 2.24) is 9.88 Å². The van der Waals surface area contributed by atoms with Gasteiger partial charge in [0, 0.05) is 18.9 Å². The summed E-state index contributed by atoms with van der Waals surface area (Å²) in [7, 11) is 0. The number of carboxylic acids is 1. The monoisotopic (exact) mass is 248 g/mol. The lowest BCUT2D eigenvalue weighted by Gasteiger charge is -2.23. The van der Waals surface area contributed by atoms with Crippen LogP contribution in [0.2, 0.25) is 0 Å². The molecule has 0 saturated carbocycles. The van der Waals surface area contributed by atoms with Crippen LogP contribution in [0.15, 0.2) is 24.5 Å². The van der Waals surface area contributed by atoms with Crippen molar-refractivity contribution in [2.75, 3.05) is 6.54 Å². The van der Waals surface area contributed by atoms with Crippen LogP contribution in [0.5, 0.6) is 0 Å². The maximum Gasteiger partial charge on any atom is 0.326 e. The maximum absolute atomic E-state index is 12.1. The Morgan fingerprint density at radius 1 is 1.56 bits per heavy atom. The third-order valence-electron chi connectivity index (χ3n) is 3.35. The Labute approximate surface area is 105 Å². The van der Waals surface area contributed by atoms with Crippen molar-refractivity contribution in [1.29, 1.82) is 0 Å². The summed E-state index contributed by atoms with van der Waals surface area (Å²) in [5, 5.41) is 9.16. The van der Waals surface area contributed by atoms with Crippen LogP contribution in [0.4, 0.5) is 0 Å². The Morgan fingerprint density at radius 3 is 2.94 bits per heavy atom. The topological polar surface area (TPSA) is 70.5 Å². The second kappa shape index (κ2) is 5.16. The number of rotatable bonds is 3. The third kappa shape index (κ3) is 2.50. The second-order valence-electron chi connectivity index (χ2n) is 4.67. The molecule has 5 nitrogen and oxygen atoms in total. The van der Waals surface area contributed by atoms with Crippen molar-refractivity contribution in [3.63, 3.8) is 0 Å². The maximum atomic E-state index is 12.1. The van der Waals surface area contributed by atoms with Crippen LogP contribution in [-0.4, -0.2) is 39.5 Å². The van der Waals surface area contributed by atoms with Gasteiger partial charge in [-0.25, -0.2) is 4.79 Å². The number of carboxylic acid groups (broad SMARTS) is 1. The van der Waals surface area contributed by atoms with Crippen LogP contribution < -0.4 is 0 Å². The molecular formula is C13H16N2O3. The van der Waals surface area contributed by atoms with Crippen molar-refractivity contribution in [2.45, 2.75) is 25.8 Å². The molecule has 0 bridgehead atoms.